The van der Waals surface area contributed by atoms with Crippen molar-refractivity contribution in [2.75, 3.05) is 12.4 Å². The molecule has 1 N–H and O–H groups in total. The number of thioether (sulfide) groups is 1. The van der Waals surface area contributed by atoms with Gasteiger partial charge >= 0.3 is 5.97 Å². The quantitative estimate of drug-likeness (QED) is 0.518. The molecule has 0 radical (unpaired) electrons. The van der Waals surface area contributed by atoms with E-state index in [9.17, 15) is 14.4 Å². The fraction of sp³-hybridized carbons (Fsp3) is 0.167. The zero-order valence-corrected chi connectivity index (χ0v) is 19.4. The molecule has 1 atom stereocenters. The molecule has 0 spiro atoms. The van der Waals surface area contributed by atoms with Crippen molar-refractivity contribution in [2.45, 2.75) is 18.2 Å². The van der Waals surface area contributed by atoms with Crippen LogP contribution in [0.15, 0.2) is 77.1 Å². The summed E-state index contributed by atoms with van der Waals surface area (Å²) in [6, 6.07) is 19.7. The van der Waals surface area contributed by atoms with E-state index in [0.717, 1.165) is 4.88 Å². The Morgan fingerprint density at radius 3 is 2.52 bits per heavy atom. The average molecular weight is 480 g/mol. The maximum atomic E-state index is 13.0. The number of rotatable bonds is 6. The van der Waals surface area contributed by atoms with Crippen LogP contribution in [0.4, 0.5) is 11.4 Å². The Morgan fingerprint density at radius 2 is 1.85 bits per heavy atom. The molecule has 2 amide bonds. The van der Waals surface area contributed by atoms with Crippen molar-refractivity contribution in [3.05, 3.63) is 82.6 Å². The van der Waals surface area contributed by atoms with Crippen molar-refractivity contribution >= 4 is 57.4 Å². The van der Waals surface area contributed by atoms with Crippen LogP contribution in [0.3, 0.4) is 0 Å². The van der Waals surface area contributed by atoms with Gasteiger partial charge in [0.25, 0.3) is 0 Å². The molecule has 33 heavy (non-hydrogen) atoms. The van der Waals surface area contributed by atoms with E-state index < -0.39 is 11.2 Å². The van der Waals surface area contributed by atoms with E-state index >= 15 is 0 Å². The minimum atomic E-state index is -0.625. The Hall–Kier alpha value is -3.43. The highest BCUT2D eigenvalue weighted by Crippen LogP contribution is 2.31. The first kappa shape index (κ1) is 22.8. The summed E-state index contributed by atoms with van der Waals surface area (Å²) in [7, 11) is 1.31. The second kappa shape index (κ2) is 10.5. The molecule has 7 nitrogen and oxygen atoms in total. The van der Waals surface area contributed by atoms with Gasteiger partial charge in [-0.25, -0.2) is 9.79 Å². The highest BCUT2D eigenvalue weighted by atomic mass is 32.2. The van der Waals surface area contributed by atoms with E-state index in [1.54, 1.807) is 40.5 Å². The van der Waals surface area contributed by atoms with Gasteiger partial charge in [0.15, 0.2) is 5.17 Å². The Kier molecular flexibility index (Phi) is 7.21. The van der Waals surface area contributed by atoms with Gasteiger partial charge in [0, 0.05) is 17.0 Å². The number of amidine groups is 1. The summed E-state index contributed by atoms with van der Waals surface area (Å²) < 4.78 is 4.69. The number of benzene rings is 2. The number of anilines is 1. The van der Waals surface area contributed by atoms with E-state index in [2.05, 4.69) is 15.0 Å². The molecule has 2 aromatic carbocycles. The van der Waals surface area contributed by atoms with E-state index in [1.165, 1.54) is 18.9 Å². The molecule has 0 aliphatic carbocycles. The van der Waals surface area contributed by atoms with Gasteiger partial charge < -0.3 is 10.1 Å². The fourth-order valence-corrected chi connectivity index (χ4v) is 4.99. The SMILES string of the molecule is COC(=O)c1ccc(NC(=O)C2CC(=O)N(Cc3cccs3)C(=Nc3ccccc3)S2)cc1. The number of carbonyl (C=O) groups excluding carboxylic acids is 3. The maximum Gasteiger partial charge on any atom is 0.337 e. The molecular weight excluding hydrogens is 458 g/mol. The van der Waals surface area contributed by atoms with E-state index in [4.69, 9.17) is 0 Å². The summed E-state index contributed by atoms with van der Waals surface area (Å²) in [5.74, 6) is -0.900. The molecule has 3 aromatic rings. The van der Waals surface area contributed by atoms with Crippen molar-refractivity contribution in [1.82, 2.24) is 4.90 Å². The summed E-state index contributed by atoms with van der Waals surface area (Å²) >= 11 is 2.84. The first-order valence-electron chi connectivity index (χ1n) is 10.2. The van der Waals surface area contributed by atoms with Crippen LogP contribution in [0.5, 0.6) is 0 Å². The molecule has 1 aliphatic rings. The van der Waals surface area contributed by atoms with Crippen LogP contribution in [0.25, 0.3) is 0 Å². The molecule has 2 heterocycles. The predicted octanol–water partition coefficient (Wildman–Crippen LogP) is 4.70. The zero-order valence-electron chi connectivity index (χ0n) is 17.8. The van der Waals surface area contributed by atoms with Crippen LogP contribution < -0.4 is 5.32 Å². The van der Waals surface area contributed by atoms with E-state index in [1.807, 2.05) is 47.8 Å². The zero-order chi connectivity index (χ0) is 23.2. The lowest BCUT2D eigenvalue weighted by atomic mass is 10.2. The van der Waals surface area contributed by atoms with Gasteiger partial charge in [-0.2, -0.15) is 0 Å². The highest BCUT2D eigenvalue weighted by Gasteiger charge is 2.36. The van der Waals surface area contributed by atoms with Gasteiger partial charge in [-0.3, -0.25) is 14.5 Å². The minimum absolute atomic E-state index is 0.0654. The third-order valence-corrected chi connectivity index (χ3v) is 6.93. The summed E-state index contributed by atoms with van der Waals surface area (Å²) in [4.78, 5) is 44.9. The number of aliphatic imine (C=N–C) groups is 1. The minimum Gasteiger partial charge on any atom is -0.465 e. The number of para-hydroxylation sites is 1. The third kappa shape index (κ3) is 5.68. The van der Waals surface area contributed by atoms with Gasteiger partial charge in [-0.15, -0.1) is 11.3 Å². The molecular formula is C24H21N3O4S2. The number of methoxy groups -OCH3 is 1. The van der Waals surface area contributed by atoms with Gasteiger partial charge in [0.05, 0.1) is 24.9 Å². The first-order valence-corrected chi connectivity index (χ1v) is 11.9. The first-order chi connectivity index (χ1) is 16.0. The van der Waals surface area contributed by atoms with Crippen LogP contribution >= 0.6 is 23.1 Å². The largest absolute Gasteiger partial charge is 0.465 e. The lowest BCUT2D eigenvalue weighted by molar-refractivity contribution is -0.129. The van der Waals surface area contributed by atoms with E-state index in [-0.39, 0.29) is 18.2 Å². The number of hydrogen-bond donors (Lipinski definition) is 1. The van der Waals surface area contributed by atoms with Crippen molar-refractivity contribution in [2.24, 2.45) is 4.99 Å². The van der Waals surface area contributed by atoms with Gasteiger partial charge in [0.1, 0.15) is 5.25 Å². The summed E-state index contributed by atoms with van der Waals surface area (Å²) in [5, 5.41) is 4.66. The van der Waals surface area contributed by atoms with Gasteiger partial charge in [-0.1, -0.05) is 36.0 Å². The average Bonchev–Trinajstić information content (AvgIpc) is 3.35. The van der Waals surface area contributed by atoms with Gasteiger partial charge in [0.2, 0.25) is 11.8 Å². The van der Waals surface area contributed by atoms with Crippen molar-refractivity contribution < 1.29 is 19.1 Å². The number of nitrogens with one attached hydrogen (secondary N) is 1. The number of hydrogen-bond acceptors (Lipinski definition) is 7. The lowest BCUT2D eigenvalue weighted by Crippen LogP contribution is -2.44. The highest BCUT2D eigenvalue weighted by molar-refractivity contribution is 8.15. The molecule has 1 unspecified atom stereocenters. The van der Waals surface area contributed by atoms with Crippen LogP contribution in [-0.2, 0) is 20.9 Å². The van der Waals surface area contributed by atoms with Crippen molar-refractivity contribution in [3.63, 3.8) is 0 Å². The van der Waals surface area contributed by atoms with Gasteiger partial charge in [-0.05, 0) is 47.8 Å². The number of thiophene rings is 1. The molecule has 9 heteroatoms. The maximum absolute atomic E-state index is 13.0. The molecule has 1 saturated heterocycles. The third-order valence-electron chi connectivity index (χ3n) is 4.88. The van der Waals surface area contributed by atoms with E-state index in [0.29, 0.717) is 28.7 Å². The second-order valence-corrected chi connectivity index (χ2v) is 9.36. The fourth-order valence-electron chi connectivity index (χ4n) is 3.20. The molecule has 168 valence electrons. The van der Waals surface area contributed by atoms with Crippen LogP contribution in [0, 0.1) is 0 Å². The molecule has 0 saturated carbocycles. The molecule has 1 fully saturated rings. The molecule has 0 bridgehead atoms. The normalized spacial score (nSPS) is 17.1. The van der Waals surface area contributed by atoms with Crippen molar-refractivity contribution in [1.29, 1.82) is 0 Å². The molecule has 4 rings (SSSR count). The number of amides is 2. The van der Waals surface area contributed by atoms with Crippen LogP contribution in [0.1, 0.15) is 21.7 Å². The summed E-state index contributed by atoms with van der Waals surface area (Å²) in [6.45, 7) is 0.415. The Labute approximate surface area is 199 Å². The number of ether oxygens (including phenoxy) is 1. The van der Waals surface area contributed by atoms with Crippen LogP contribution in [0.2, 0.25) is 0 Å². The summed E-state index contributed by atoms with van der Waals surface area (Å²) in [5.41, 5.74) is 1.63. The standard InChI is InChI=1S/C24H21N3O4S2/c1-31-23(30)16-9-11-18(12-10-16)25-22(29)20-14-21(28)27(15-19-8-5-13-32-19)24(33-20)26-17-6-3-2-4-7-17/h2-13,20H,14-15H2,1H3,(H,25,29). The van der Waals surface area contributed by atoms with Crippen LogP contribution in [-0.4, -0.2) is 40.2 Å². The molecule has 1 aliphatic heterocycles. The Morgan fingerprint density at radius 1 is 1.09 bits per heavy atom. The number of nitrogens with zero attached hydrogens (tertiary/aromatic N) is 2. The summed E-state index contributed by atoms with van der Waals surface area (Å²) in [6.07, 6.45) is 0.0654. The lowest BCUT2D eigenvalue weighted by Gasteiger charge is -2.31. The molecule has 1 aromatic heterocycles. The number of esters is 1. The second-order valence-electron chi connectivity index (χ2n) is 7.16. The predicted molar refractivity (Wildman–Crippen MR) is 131 cm³/mol. The topological polar surface area (TPSA) is 88.1 Å². The Bertz CT molecular complexity index is 1160. The monoisotopic (exact) mass is 479 g/mol. The Balaban J connectivity index is 1.52. The number of carbonyl (C=O) groups is 3. The smallest absolute Gasteiger partial charge is 0.337 e. The van der Waals surface area contributed by atoms with Crippen molar-refractivity contribution in [3.8, 4) is 0 Å².